The van der Waals surface area contributed by atoms with E-state index >= 15 is 0 Å². The van der Waals surface area contributed by atoms with Gasteiger partial charge in [-0.25, -0.2) is 4.79 Å². The largest absolute Gasteiger partial charge is 0.450 e. The highest BCUT2D eigenvalue weighted by Gasteiger charge is 2.67. The van der Waals surface area contributed by atoms with E-state index in [1.165, 1.54) is 0 Å². The van der Waals surface area contributed by atoms with Crippen molar-refractivity contribution in [2.24, 2.45) is 0 Å². The van der Waals surface area contributed by atoms with Crippen molar-refractivity contribution in [3.63, 3.8) is 0 Å². The fraction of sp³-hybridized carbons (Fsp3) is 0.800. The SMILES string of the molecule is O=C1OC(CCl)(CCl)C1(Cl)Cl. The molecule has 1 fully saturated rings. The van der Waals surface area contributed by atoms with Gasteiger partial charge in [0, 0.05) is 0 Å². The van der Waals surface area contributed by atoms with Crippen molar-refractivity contribution in [2.75, 3.05) is 11.8 Å². The van der Waals surface area contributed by atoms with Crippen LogP contribution >= 0.6 is 46.4 Å². The van der Waals surface area contributed by atoms with E-state index in [0.717, 1.165) is 0 Å². The Kier molecular flexibility index (Phi) is 2.51. The maximum Gasteiger partial charge on any atom is 0.347 e. The number of rotatable bonds is 2. The number of alkyl halides is 4. The zero-order valence-electron chi connectivity index (χ0n) is 5.24. The number of carbonyl (C=O) groups is 1. The topological polar surface area (TPSA) is 26.3 Å². The third-order valence-corrected chi connectivity index (χ3v) is 3.41. The zero-order valence-corrected chi connectivity index (χ0v) is 8.27. The van der Waals surface area contributed by atoms with Gasteiger partial charge in [0.2, 0.25) is 0 Å². The van der Waals surface area contributed by atoms with Crippen molar-refractivity contribution >= 4 is 52.4 Å². The number of ether oxygens (including phenoxy) is 1. The lowest BCUT2D eigenvalue weighted by Gasteiger charge is -2.47. The molecule has 0 aliphatic carbocycles. The Morgan fingerprint density at radius 1 is 1.27 bits per heavy atom. The summed E-state index contributed by atoms with van der Waals surface area (Å²) in [5, 5.41) is 0. The molecule has 1 rings (SSSR count). The summed E-state index contributed by atoms with van der Waals surface area (Å²) in [5.41, 5.74) is -1.11. The third kappa shape index (κ3) is 1.12. The molecule has 0 unspecified atom stereocenters. The fourth-order valence-electron chi connectivity index (χ4n) is 0.703. The molecular weight excluding hydrogens is 234 g/mol. The van der Waals surface area contributed by atoms with Gasteiger partial charge in [0.15, 0.2) is 5.60 Å². The number of hydrogen-bond acceptors (Lipinski definition) is 2. The smallest absolute Gasteiger partial charge is 0.347 e. The molecule has 11 heavy (non-hydrogen) atoms. The van der Waals surface area contributed by atoms with E-state index in [0.29, 0.717) is 0 Å². The van der Waals surface area contributed by atoms with Crippen LogP contribution in [0.5, 0.6) is 0 Å². The normalized spacial score (nSPS) is 25.6. The Hall–Kier alpha value is 0.630. The molecule has 0 spiro atoms. The summed E-state index contributed by atoms with van der Waals surface area (Å²) in [7, 11) is 0. The predicted octanol–water partition coefficient (Wildman–Crippen LogP) is 1.93. The van der Waals surface area contributed by atoms with E-state index in [9.17, 15) is 4.79 Å². The molecule has 6 heteroatoms. The van der Waals surface area contributed by atoms with Crippen LogP contribution in [-0.2, 0) is 9.53 Å². The average molecular weight is 238 g/mol. The van der Waals surface area contributed by atoms with Gasteiger partial charge in [0.25, 0.3) is 4.33 Å². The molecule has 0 bridgehead atoms. The molecule has 0 atom stereocenters. The second kappa shape index (κ2) is 2.84. The maximum atomic E-state index is 10.7. The van der Waals surface area contributed by atoms with Crippen molar-refractivity contribution in [1.82, 2.24) is 0 Å². The van der Waals surface area contributed by atoms with E-state index in [1.54, 1.807) is 0 Å². The van der Waals surface area contributed by atoms with Crippen molar-refractivity contribution in [2.45, 2.75) is 9.93 Å². The average Bonchev–Trinajstić information content (AvgIpc) is 1.99. The van der Waals surface area contributed by atoms with E-state index in [4.69, 9.17) is 46.4 Å². The third-order valence-electron chi connectivity index (χ3n) is 1.55. The minimum absolute atomic E-state index is 0.00472. The van der Waals surface area contributed by atoms with Crippen LogP contribution in [0.4, 0.5) is 0 Å². The highest BCUT2D eigenvalue weighted by Crippen LogP contribution is 2.48. The van der Waals surface area contributed by atoms with Crippen LogP contribution in [0.15, 0.2) is 0 Å². The van der Waals surface area contributed by atoms with Crippen molar-refractivity contribution < 1.29 is 9.53 Å². The first kappa shape index (κ1) is 9.72. The Morgan fingerprint density at radius 3 is 1.82 bits per heavy atom. The lowest BCUT2D eigenvalue weighted by Crippen LogP contribution is -2.68. The number of hydrogen-bond donors (Lipinski definition) is 0. The predicted molar refractivity (Wildman–Crippen MR) is 44.7 cm³/mol. The van der Waals surface area contributed by atoms with Gasteiger partial charge in [0.05, 0.1) is 11.8 Å². The summed E-state index contributed by atoms with van der Waals surface area (Å²) < 4.78 is 3.09. The first-order chi connectivity index (χ1) is 5.00. The summed E-state index contributed by atoms with van der Waals surface area (Å²) in [6.07, 6.45) is 0. The Balaban J connectivity index is 2.83. The zero-order chi connectivity index (χ0) is 8.70. The highest BCUT2D eigenvalue weighted by molar-refractivity contribution is 6.61. The van der Waals surface area contributed by atoms with Crippen LogP contribution in [0.25, 0.3) is 0 Å². The first-order valence-electron chi connectivity index (χ1n) is 2.73. The molecule has 0 aromatic heterocycles. The quantitative estimate of drug-likeness (QED) is 0.542. The number of carbonyl (C=O) groups excluding carboxylic acids is 1. The van der Waals surface area contributed by atoms with Crippen LogP contribution in [0.1, 0.15) is 0 Å². The van der Waals surface area contributed by atoms with Crippen molar-refractivity contribution in [3.05, 3.63) is 0 Å². The number of esters is 1. The molecule has 1 heterocycles. The number of cyclic esters (lactones) is 1. The van der Waals surface area contributed by atoms with Crippen LogP contribution in [0.3, 0.4) is 0 Å². The van der Waals surface area contributed by atoms with Crippen molar-refractivity contribution in [1.29, 1.82) is 0 Å². The molecule has 64 valence electrons. The lowest BCUT2D eigenvalue weighted by molar-refractivity contribution is -0.186. The van der Waals surface area contributed by atoms with Crippen LogP contribution in [0.2, 0.25) is 0 Å². The molecule has 0 saturated carbocycles. The Labute approximate surface area is 83.7 Å². The molecule has 1 aliphatic rings. The molecule has 0 aromatic rings. The van der Waals surface area contributed by atoms with Gasteiger partial charge in [-0.15, -0.1) is 23.2 Å². The molecule has 0 aromatic carbocycles. The standard InChI is InChI=1S/C5H4Cl4O2/c6-1-4(2-7)5(8,9)3(10)11-4/h1-2H2. The lowest BCUT2D eigenvalue weighted by atomic mass is 9.98. The molecule has 0 amide bonds. The molecule has 2 nitrogen and oxygen atoms in total. The van der Waals surface area contributed by atoms with Gasteiger partial charge in [-0.1, -0.05) is 23.2 Å². The minimum atomic E-state index is -1.59. The minimum Gasteiger partial charge on any atom is -0.450 e. The maximum absolute atomic E-state index is 10.7. The van der Waals surface area contributed by atoms with Crippen LogP contribution in [0, 0.1) is 0 Å². The van der Waals surface area contributed by atoms with Gasteiger partial charge in [0.1, 0.15) is 0 Å². The van der Waals surface area contributed by atoms with Crippen LogP contribution < -0.4 is 0 Å². The summed E-state index contributed by atoms with van der Waals surface area (Å²) in [6, 6.07) is 0. The van der Waals surface area contributed by atoms with E-state index in [-0.39, 0.29) is 11.8 Å². The summed E-state index contributed by atoms with van der Waals surface area (Å²) in [5.74, 6) is -0.702. The van der Waals surface area contributed by atoms with E-state index < -0.39 is 15.9 Å². The molecular formula is C5H4Cl4O2. The van der Waals surface area contributed by atoms with E-state index in [1.807, 2.05) is 0 Å². The Bertz CT molecular complexity index is 187. The summed E-state index contributed by atoms with van der Waals surface area (Å²) in [4.78, 5) is 10.7. The van der Waals surface area contributed by atoms with Gasteiger partial charge < -0.3 is 4.74 Å². The highest BCUT2D eigenvalue weighted by atomic mass is 35.5. The second-order valence-electron chi connectivity index (χ2n) is 2.23. The number of halogens is 4. The summed E-state index contributed by atoms with van der Waals surface area (Å²) >= 11 is 22.2. The van der Waals surface area contributed by atoms with Gasteiger partial charge in [-0.3, -0.25) is 0 Å². The molecule has 1 aliphatic heterocycles. The van der Waals surface area contributed by atoms with Crippen LogP contribution in [-0.4, -0.2) is 27.7 Å². The monoisotopic (exact) mass is 236 g/mol. The Morgan fingerprint density at radius 2 is 1.73 bits per heavy atom. The second-order valence-corrected chi connectivity index (χ2v) is 4.09. The van der Waals surface area contributed by atoms with Gasteiger partial charge in [-0.05, 0) is 0 Å². The van der Waals surface area contributed by atoms with Crippen molar-refractivity contribution in [3.8, 4) is 0 Å². The summed E-state index contributed by atoms with van der Waals surface area (Å²) in [6.45, 7) is 0. The van der Waals surface area contributed by atoms with Gasteiger partial charge >= 0.3 is 5.97 Å². The molecule has 1 saturated heterocycles. The van der Waals surface area contributed by atoms with E-state index in [2.05, 4.69) is 4.74 Å². The fourth-order valence-corrected chi connectivity index (χ4v) is 2.19. The van der Waals surface area contributed by atoms with Gasteiger partial charge in [-0.2, -0.15) is 0 Å². The molecule has 0 N–H and O–H groups in total. The molecule has 0 radical (unpaired) electrons. The first-order valence-corrected chi connectivity index (χ1v) is 4.56.